The minimum absolute atomic E-state index is 0.0460. The molecule has 3 aromatic rings. The standard InChI is InChI=1S/C33H42FN7S/c1-25-8-7-17-41(23-25)30-22-29(40-20-18-39(19-21-40)28-9-3-2-4-10-28)36-31(37-30)38-32(42)35-24-33(15-5-6-16-33)26-11-13-27(34)14-12-26/h2-4,9-14,22,25H,5-8,15-21,23-24H2,1H3,(H2,35,36,37,38,42). The van der Waals surface area contributed by atoms with Crippen LogP contribution in [0.5, 0.6) is 0 Å². The molecule has 3 aliphatic rings. The van der Waals surface area contributed by atoms with Crippen LogP contribution in [-0.4, -0.2) is 60.9 Å². The van der Waals surface area contributed by atoms with E-state index in [9.17, 15) is 4.39 Å². The Labute approximate surface area is 254 Å². The summed E-state index contributed by atoms with van der Waals surface area (Å²) in [5.74, 6) is 2.87. The number of benzene rings is 2. The average molecular weight is 588 g/mol. The number of aromatic nitrogens is 2. The summed E-state index contributed by atoms with van der Waals surface area (Å²) >= 11 is 5.78. The maximum absolute atomic E-state index is 13.6. The van der Waals surface area contributed by atoms with Gasteiger partial charge < -0.3 is 25.3 Å². The van der Waals surface area contributed by atoms with Crippen LogP contribution in [0.15, 0.2) is 60.7 Å². The van der Waals surface area contributed by atoms with Crippen LogP contribution in [0.1, 0.15) is 51.0 Å². The van der Waals surface area contributed by atoms with Crippen LogP contribution in [0.25, 0.3) is 0 Å². The second-order valence-electron chi connectivity index (χ2n) is 12.2. The number of hydrogen-bond donors (Lipinski definition) is 2. The molecule has 0 bridgehead atoms. The molecule has 2 N–H and O–H groups in total. The van der Waals surface area contributed by atoms with Gasteiger partial charge in [0.15, 0.2) is 5.11 Å². The van der Waals surface area contributed by atoms with Crippen molar-refractivity contribution in [3.05, 3.63) is 72.0 Å². The second-order valence-corrected chi connectivity index (χ2v) is 12.6. The first-order valence-corrected chi connectivity index (χ1v) is 15.9. The fourth-order valence-corrected chi connectivity index (χ4v) is 7.01. The summed E-state index contributed by atoms with van der Waals surface area (Å²) in [6.07, 6.45) is 6.88. The molecule has 1 atom stereocenters. The lowest BCUT2D eigenvalue weighted by molar-refractivity contribution is 0.434. The van der Waals surface area contributed by atoms with E-state index in [1.54, 1.807) is 12.1 Å². The zero-order valence-electron chi connectivity index (χ0n) is 24.6. The molecule has 42 heavy (non-hydrogen) atoms. The van der Waals surface area contributed by atoms with Gasteiger partial charge in [-0.05, 0) is 73.6 Å². The predicted octanol–water partition coefficient (Wildman–Crippen LogP) is 5.98. The number of rotatable bonds is 7. The van der Waals surface area contributed by atoms with Crippen molar-refractivity contribution >= 4 is 40.6 Å². The van der Waals surface area contributed by atoms with Crippen molar-refractivity contribution in [2.75, 3.05) is 65.8 Å². The van der Waals surface area contributed by atoms with E-state index in [0.29, 0.717) is 23.5 Å². The lowest BCUT2D eigenvalue weighted by Gasteiger charge is -2.37. The molecule has 0 amide bonds. The predicted molar refractivity (Wildman–Crippen MR) is 174 cm³/mol. The summed E-state index contributed by atoms with van der Waals surface area (Å²) in [6.45, 7) is 8.69. The summed E-state index contributed by atoms with van der Waals surface area (Å²) in [5, 5.41) is 7.31. The van der Waals surface area contributed by atoms with Crippen molar-refractivity contribution in [1.82, 2.24) is 15.3 Å². The van der Waals surface area contributed by atoms with Crippen LogP contribution in [0.4, 0.5) is 27.7 Å². The van der Waals surface area contributed by atoms with Crippen molar-refractivity contribution in [3.8, 4) is 0 Å². The van der Waals surface area contributed by atoms with Crippen molar-refractivity contribution < 1.29 is 4.39 Å². The Balaban J connectivity index is 1.17. The number of anilines is 4. The number of piperazine rings is 1. The first kappa shape index (κ1) is 28.6. The molecule has 1 unspecified atom stereocenters. The quantitative estimate of drug-likeness (QED) is 0.328. The van der Waals surface area contributed by atoms with E-state index >= 15 is 0 Å². The Morgan fingerprint density at radius 3 is 2.24 bits per heavy atom. The third-order valence-corrected chi connectivity index (χ3v) is 9.48. The van der Waals surface area contributed by atoms with E-state index in [4.69, 9.17) is 22.2 Å². The van der Waals surface area contributed by atoms with Gasteiger partial charge in [0, 0.05) is 63.0 Å². The maximum Gasteiger partial charge on any atom is 0.232 e. The number of hydrogen-bond acceptors (Lipinski definition) is 6. The largest absolute Gasteiger partial charge is 0.368 e. The summed E-state index contributed by atoms with van der Waals surface area (Å²) in [6, 6.07) is 19.7. The van der Waals surface area contributed by atoms with Crippen molar-refractivity contribution in [2.45, 2.75) is 50.9 Å². The first-order valence-electron chi connectivity index (χ1n) is 15.5. The normalized spacial score (nSPS) is 20.4. The summed E-state index contributed by atoms with van der Waals surface area (Å²) in [4.78, 5) is 17.1. The third-order valence-electron chi connectivity index (χ3n) is 9.24. The van der Waals surface area contributed by atoms with Gasteiger partial charge in [-0.2, -0.15) is 9.97 Å². The van der Waals surface area contributed by atoms with Crippen LogP contribution in [0, 0.1) is 11.7 Å². The molecule has 9 heteroatoms. The van der Waals surface area contributed by atoms with E-state index in [-0.39, 0.29) is 11.2 Å². The summed E-state index contributed by atoms with van der Waals surface area (Å²) < 4.78 is 13.6. The Bertz CT molecular complexity index is 1340. The van der Waals surface area contributed by atoms with Gasteiger partial charge in [0.2, 0.25) is 5.95 Å². The van der Waals surface area contributed by atoms with Gasteiger partial charge in [-0.15, -0.1) is 0 Å². The van der Waals surface area contributed by atoms with Crippen molar-refractivity contribution in [2.24, 2.45) is 5.92 Å². The Kier molecular flexibility index (Phi) is 8.74. The first-order chi connectivity index (χ1) is 20.5. The molecule has 2 aliphatic heterocycles. The van der Waals surface area contributed by atoms with Gasteiger partial charge in [-0.1, -0.05) is 50.1 Å². The average Bonchev–Trinajstić information content (AvgIpc) is 3.51. The van der Waals surface area contributed by atoms with Crippen LogP contribution < -0.4 is 25.3 Å². The number of para-hydroxylation sites is 1. The molecule has 6 rings (SSSR count). The maximum atomic E-state index is 13.6. The van der Waals surface area contributed by atoms with E-state index in [2.05, 4.69) is 68.7 Å². The molecule has 3 heterocycles. The van der Waals surface area contributed by atoms with Gasteiger partial charge in [-0.3, -0.25) is 0 Å². The lowest BCUT2D eigenvalue weighted by Crippen LogP contribution is -2.47. The van der Waals surface area contributed by atoms with E-state index in [1.807, 2.05) is 12.1 Å². The molecule has 3 fully saturated rings. The molecule has 7 nitrogen and oxygen atoms in total. The highest BCUT2D eigenvalue weighted by Crippen LogP contribution is 2.40. The number of piperidine rings is 1. The lowest BCUT2D eigenvalue weighted by atomic mass is 9.79. The molecular weight excluding hydrogens is 545 g/mol. The van der Waals surface area contributed by atoms with Crippen LogP contribution >= 0.6 is 12.2 Å². The number of halogens is 1. The highest BCUT2D eigenvalue weighted by molar-refractivity contribution is 7.80. The Morgan fingerprint density at radius 2 is 1.55 bits per heavy atom. The highest BCUT2D eigenvalue weighted by atomic mass is 32.1. The minimum Gasteiger partial charge on any atom is -0.368 e. The van der Waals surface area contributed by atoms with E-state index in [1.165, 1.54) is 36.9 Å². The molecule has 1 aliphatic carbocycles. The zero-order valence-corrected chi connectivity index (χ0v) is 25.4. The van der Waals surface area contributed by atoms with Gasteiger partial charge in [0.25, 0.3) is 0 Å². The Hall–Kier alpha value is -3.46. The van der Waals surface area contributed by atoms with E-state index in [0.717, 1.165) is 63.7 Å². The number of thiocarbonyl (C=S) groups is 1. The van der Waals surface area contributed by atoms with Gasteiger partial charge in [-0.25, -0.2) is 4.39 Å². The molecule has 0 radical (unpaired) electrons. The Morgan fingerprint density at radius 1 is 0.881 bits per heavy atom. The molecular formula is C33H42FN7S. The zero-order chi connectivity index (χ0) is 28.9. The van der Waals surface area contributed by atoms with Crippen molar-refractivity contribution in [3.63, 3.8) is 0 Å². The number of nitrogens with zero attached hydrogens (tertiary/aromatic N) is 5. The molecule has 222 valence electrons. The molecule has 2 saturated heterocycles. The van der Waals surface area contributed by atoms with Crippen molar-refractivity contribution in [1.29, 1.82) is 0 Å². The SMILES string of the molecule is CC1CCCN(c2cc(N3CCN(c4ccccc4)CC3)nc(NC(=S)NCC3(c4ccc(F)cc4)CCCC3)n2)C1. The monoisotopic (exact) mass is 587 g/mol. The van der Waals surface area contributed by atoms with Gasteiger partial charge in [0.05, 0.1) is 0 Å². The fourth-order valence-electron chi connectivity index (χ4n) is 6.85. The van der Waals surface area contributed by atoms with Gasteiger partial charge >= 0.3 is 0 Å². The molecule has 0 spiro atoms. The van der Waals surface area contributed by atoms with Crippen LogP contribution in [0.3, 0.4) is 0 Å². The van der Waals surface area contributed by atoms with Gasteiger partial charge in [0.1, 0.15) is 17.5 Å². The topological polar surface area (TPSA) is 59.6 Å². The van der Waals surface area contributed by atoms with Crippen LogP contribution in [-0.2, 0) is 5.41 Å². The number of nitrogens with one attached hydrogen (secondary N) is 2. The molecule has 1 aromatic heterocycles. The fraction of sp³-hybridized carbons (Fsp3) is 0.485. The molecule has 1 saturated carbocycles. The minimum atomic E-state index is -0.200. The summed E-state index contributed by atoms with van der Waals surface area (Å²) in [7, 11) is 0. The van der Waals surface area contributed by atoms with E-state index < -0.39 is 0 Å². The third kappa shape index (κ3) is 6.61. The molecule has 2 aromatic carbocycles. The second kappa shape index (κ2) is 12.8. The highest BCUT2D eigenvalue weighted by Gasteiger charge is 2.35. The summed E-state index contributed by atoms with van der Waals surface area (Å²) in [5.41, 5.74) is 2.39. The smallest absolute Gasteiger partial charge is 0.232 e. The van der Waals surface area contributed by atoms with Crippen LogP contribution in [0.2, 0.25) is 0 Å².